The minimum Gasteiger partial charge on any atom is -0.422 e. The molecule has 0 aliphatic carbocycles. The van der Waals surface area contributed by atoms with E-state index in [9.17, 15) is 4.79 Å². The smallest absolute Gasteiger partial charge is 0.343 e. The van der Waals surface area contributed by atoms with Crippen LogP contribution in [0.1, 0.15) is 5.56 Å². The normalized spacial score (nSPS) is 10.2. The van der Waals surface area contributed by atoms with Crippen LogP contribution >= 0.6 is 0 Å². The van der Waals surface area contributed by atoms with Crippen LogP contribution in [0, 0.1) is 0 Å². The SMILES string of the molecule is C=Cc1cc2ccccc2oc1=O. The van der Waals surface area contributed by atoms with E-state index in [-0.39, 0.29) is 5.63 Å². The zero-order chi connectivity index (χ0) is 9.26. The summed E-state index contributed by atoms with van der Waals surface area (Å²) in [5.74, 6) is 0. The summed E-state index contributed by atoms with van der Waals surface area (Å²) in [5.41, 5.74) is 0.769. The van der Waals surface area contributed by atoms with Gasteiger partial charge in [-0.1, -0.05) is 30.9 Å². The van der Waals surface area contributed by atoms with Crippen LogP contribution in [-0.4, -0.2) is 0 Å². The third-order valence-electron chi connectivity index (χ3n) is 1.89. The van der Waals surface area contributed by atoms with Crippen LogP contribution in [0.15, 0.2) is 46.1 Å². The van der Waals surface area contributed by atoms with Crippen molar-refractivity contribution >= 4 is 17.0 Å². The lowest BCUT2D eigenvalue weighted by Gasteiger charge is -1.96. The molecule has 0 unspecified atom stereocenters. The highest BCUT2D eigenvalue weighted by atomic mass is 16.4. The van der Waals surface area contributed by atoms with Gasteiger partial charge in [-0.3, -0.25) is 0 Å². The molecule has 13 heavy (non-hydrogen) atoms. The molecule has 0 N–H and O–H groups in total. The topological polar surface area (TPSA) is 30.2 Å². The lowest BCUT2D eigenvalue weighted by Crippen LogP contribution is -2.01. The molecule has 0 aliphatic rings. The average Bonchev–Trinajstić information content (AvgIpc) is 2.17. The van der Waals surface area contributed by atoms with Gasteiger partial charge in [0.05, 0.1) is 5.56 Å². The van der Waals surface area contributed by atoms with Gasteiger partial charge >= 0.3 is 5.63 Å². The van der Waals surface area contributed by atoms with Gasteiger partial charge in [0, 0.05) is 5.39 Å². The van der Waals surface area contributed by atoms with Gasteiger partial charge in [0.1, 0.15) is 5.58 Å². The molecular weight excluding hydrogens is 164 g/mol. The number of benzene rings is 1. The van der Waals surface area contributed by atoms with Crippen molar-refractivity contribution < 1.29 is 4.42 Å². The zero-order valence-electron chi connectivity index (χ0n) is 6.99. The predicted octanol–water partition coefficient (Wildman–Crippen LogP) is 2.44. The van der Waals surface area contributed by atoms with Gasteiger partial charge in [-0.05, 0) is 12.1 Å². The van der Waals surface area contributed by atoms with Crippen LogP contribution in [0.2, 0.25) is 0 Å². The highest BCUT2D eigenvalue weighted by Gasteiger charge is 1.99. The average molecular weight is 172 g/mol. The Balaban J connectivity index is 2.89. The first-order valence-electron chi connectivity index (χ1n) is 3.96. The van der Waals surface area contributed by atoms with Crippen LogP contribution in [0.4, 0.5) is 0 Å². The molecule has 0 aliphatic heterocycles. The molecule has 1 heterocycles. The van der Waals surface area contributed by atoms with Gasteiger partial charge in [-0.15, -0.1) is 0 Å². The van der Waals surface area contributed by atoms with Crippen molar-refractivity contribution in [3.63, 3.8) is 0 Å². The van der Waals surface area contributed by atoms with E-state index in [0.29, 0.717) is 11.1 Å². The molecule has 2 nitrogen and oxygen atoms in total. The second-order valence-electron chi connectivity index (χ2n) is 2.73. The molecule has 0 saturated carbocycles. The van der Waals surface area contributed by atoms with Crippen LogP contribution in [-0.2, 0) is 0 Å². The molecule has 1 aromatic heterocycles. The Morgan fingerprint density at radius 3 is 2.85 bits per heavy atom. The third kappa shape index (κ3) is 1.26. The predicted molar refractivity (Wildman–Crippen MR) is 52.6 cm³/mol. The van der Waals surface area contributed by atoms with E-state index in [1.807, 2.05) is 18.2 Å². The van der Waals surface area contributed by atoms with Crippen LogP contribution in [0.5, 0.6) is 0 Å². The number of para-hydroxylation sites is 1. The summed E-state index contributed by atoms with van der Waals surface area (Å²) in [6.07, 6.45) is 1.50. The summed E-state index contributed by atoms with van der Waals surface area (Å²) < 4.78 is 5.06. The molecule has 2 heteroatoms. The maximum atomic E-state index is 11.2. The highest BCUT2D eigenvalue weighted by molar-refractivity contribution is 5.78. The number of hydrogen-bond acceptors (Lipinski definition) is 2. The van der Waals surface area contributed by atoms with Crippen molar-refractivity contribution in [3.05, 3.63) is 52.9 Å². The minimum absolute atomic E-state index is 0.339. The number of hydrogen-bond donors (Lipinski definition) is 0. The van der Waals surface area contributed by atoms with Gasteiger partial charge in [-0.2, -0.15) is 0 Å². The second kappa shape index (κ2) is 2.90. The van der Waals surface area contributed by atoms with Crippen LogP contribution in [0.3, 0.4) is 0 Å². The van der Waals surface area contributed by atoms with Crippen molar-refractivity contribution in [2.24, 2.45) is 0 Å². The van der Waals surface area contributed by atoms with E-state index in [2.05, 4.69) is 6.58 Å². The van der Waals surface area contributed by atoms with Gasteiger partial charge in [0.25, 0.3) is 0 Å². The zero-order valence-corrected chi connectivity index (χ0v) is 6.99. The largest absolute Gasteiger partial charge is 0.422 e. The fourth-order valence-corrected chi connectivity index (χ4v) is 1.22. The standard InChI is InChI=1S/C11H8O2/c1-2-8-7-9-5-3-4-6-10(9)13-11(8)12/h2-7H,1H2. The summed E-state index contributed by atoms with van der Waals surface area (Å²) in [4.78, 5) is 11.2. The van der Waals surface area contributed by atoms with Crippen molar-refractivity contribution in [1.82, 2.24) is 0 Å². The minimum atomic E-state index is -0.339. The first-order valence-corrected chi connectivity index (χ1v) is 3.96. The first kappa shape index (κ1) is 7.80. The Bertz CT molecular complexity index is 509. The molecule has 2 rings (SSSR count). The fraction of sp³-hybridized carbons (Fsp3) is 0. The van der Waals surface area contributed by atoms with Crippen molar-refractivity contribution in [3.8, 4) is 0 Å². The van der Waals surface area contributed by atoms with Crippen LogP contribution in [0.25, 0.3) is 17.0 Å². The monoisotopic (exact) mass is 172 g/mol. The van der Waals surface area contributed by atoms with E-state index in [4.69, 9.17) is 4.42 Å². The van der Waals surface area contributed by atoms with Gasteiger partial charge in [-0.25, -0.2) is 4.79 Å². The molecule has 64 valence electrons. The van der Waals surface area contributed by atoms with E-state index in [0.717, 1.165) is 5.39 Å². The quantitative estimate of drug-likeness (QED) is 0.618. The van der Waals surface area contributed by atoms with E-state index in [1.165, 1.54) is 6.08 Å². The van der Waals surface area contributed by atoms with Gasteiger partial charge in [0.2, 0.25) is 0 Å². The molecule has 0 fully saturated rings. The molecule has 0 spiro atoms. The summed E-state index contributed by atoms with van der Waals surface area (Å²) in [6.45, 7) is 3.54. The molecule has 1 aromatic carbocycles. The summed E-state index contributed by atoms with van der Waals surface area (Å²) in [7, 11) is 0. The Hall–Kier alpha value is -1.83. The van der Waals surface area contributed by atoms with E-state index < -0.39 is 0 Å². The van der Waals surface area contributed by atoms with Crippen molar-refractivity contribution in [2.45, 2.75) is 0 Å². The Morgan fingerprint density at radius 1 is 1.31 bits per heavy atom. The molecular formula is C11H8O2. The summed E-state index contributed by atoms with van der Waals surface area (Å²) in [6, 6.07) is 9.16. The molecule has 0 radical (unpaired) electrons. The van der Waals surface area contributed by atoms with Crippen molar-refractivity contribution in [1.29, 1.82) is 0 Å². The van der Waals surface area contributed by atoms with E-state index in [1.54, 1.807) is 12.1 Å². The first-order chi connectivity index (χ1) is 6.31. The third-order valence-corrected chi connectivity index (χ3v) is 1.89. The molecule has 2 aromatic rings. The second-order valence-corrected chi connectivity index (χ2v) is 2.73. The summed E-state index contributed by atoms with van der Waals surface area (Å²) in [5, 5.41) is 0.914. The number of fused-ring (bicyclic) bond motifs is 1. The Kier molecular flexibility index (Phi) is 1.74. The lowest BCUT2D eigenvalue weighted by molar-refractivity contribution is 0.559. The Morgan fingerprint density at radius 2 is 2.08 bits per heavy atom. The molecule has 0 amide bonds. The fourth-order valence-electron chi connectivity index (χ4n) is 1.22. The van der Waals surface area contributed by atoms with Gasteiger partial charge in [0.15, 0.2) is 0 Å². The Labute approximate surface area is 75.1 Å². The molecule has 0 saturated heterocycles. The van der Waals surface area contributed by atoms with Crippen molar-refractivity contribution in [2.75, 3.05) is 0 Å². The molecule has 0 atom stereocenters. The maximum absolute atomic E-state index is 11.2. The van der Waals surface area contributed by atoms with Gasteiger partial charge < -0.3 is 4.42 Å². The highest BCUT2D eigenvalue weighted by Crippen LogP contribution is 2.12. The lowest BCUT2D eigenvalue weighted by atomic mass is 10.2. The maximum Gasteiger partial charge on any atom is 0.343 e. The van der Waals surface area contributed by atoms with E-state index >= 15 is 0 Å². The summed E-state index contributed by atoms with van der Waals surface area (Å²) >= 11 is 0. The molecule has 0 bridgehead atoms. The van der Waals surface area contributed by atoms with Crippen LogP contribution < -0.4 is 5.63 Å². The number of rotatable bonds is 1.